The van der Waals surface area contributed by atoms with Gasteiger partial charge in [0.25, 0.3) is 0 Å². The van der Waals surface area contributed by atoms with E-state index in [-0.39, 0.29) is 11.8 Å². The van der Waals surface area contributed by atoms with Gasteiger partial charge in [-0.15, -0.1) is 0 Å². The molecule has 2 atom stereocenters. The van der Waals surface area contributed by atoms with Crippen molar-refractivity contribution in [2.24, 2.45) is 5.92 Å². The van der Waals surface area contributed by atoms with Crippen molar-refractivity contribution in [3.8, 4) is 0 Å². The molecule has 0 unspecified atom stereocenters. The lowest BCUT2D eigenvalue weighted by atomic mass is 10.2. The summed E-state index contributed by atoms with van der Waals surface area (Å²) in [7, 11) is 0. The van der Waals surface area contributed by atoms with Gasteiger partial charge in [0, 0.05) is 5.92 Å². The highest BCUT2D eigenvalue weighted by Gasteiger charge is 2.46. The second-order valence-electron chi connectivity index (χ2n) is 2.93. The largest absolute Gasteiger partial charge is 0.481 e. The average Bonchev–Trinajstić information content (AvgIpc) is 2.70. The quantitative estimate of drug-likeness (QED) is 0.770. The van der Waals surface area contributed by atoms with E-state index >= 15 is 0 Å². The Labute approximate surface area is 73.9 Å². The van der Waals surface area contributed by atoms with E-state index in [1.807, 2.05) is 0 Å². The zero-order valence-corrected chi connectivity index (χ0v) is 6.91. The first-order valence-corrected chi connectivity index (χ1v) is 4.04. The molecule has 0 bridgehead atoms. The smallest absolute Gasteiger partial charge is 0.307 e. The molecule has 12 heavy (non-hydrogen) atoms. The summed E-state index contributed by atoms with van der Waals surface area (Å²) in [6, 6.07) is 3.37. The molecule has 0 saturated heterocycles. The minimum absolute atomic E-state index is 0.0370. The Morgan fingerprint density at radius 2 is 2.42 bits per heavy atom. The minimum Gasteiger partial charge on any atom is -0.481 e. The summed E-state index contributed by atoms with van der Waals surface area (Å²) in [5.41, 5.74) is 0. The van der Waals surface area contributed by atoms with Gasteiger partial charge in [-0.1, -0.05) is 0 Å². The van der Waals surface area contributed by atoms with Crippen LogP contribution in [0, 0.1) is 5.92 Å². The van der Waals surface area contributed by atoms with Gasteiger partial charge >= 0.3 is 5.97 Å². The summed E-state index contributed by atoms with van der Waals surface area (Å²) in [6.07, 6.45) is 0.666. The first-order valence-electron chi connectivity index (χ1n) is 3.66. The SMILES string of the molecule is O=C(O)[C@@H]1C[C@H]1c1ccc(Cl)o1. The molecule has 0 spiro atoms. The second-order valence-corrected chi connectivity index (χ2v) is 3.30. The highest BCUT2D eigenvalue weighted by atomic mass is 35.5. The summed E-state index contributed by atoms with van der Waals surface area (Å²) in [4.78, 5) is 10.5. The fourth-order valence-corrected chi connectivity index (χ4v) is 1.46. The Bertz CT molecular complexity index is 318. The van der Waals surface area contributed by atoms with Gasteiger partial charge in [0.2, 0.25) is 0 Å². The van der Waals surface area contributed by atoms with E-state index in [9.17, 15) is 4.79 Å². The third-order valence-corrected chi connectivity index (χ3v) is 2.27. The first kappa shape index (κ1) is 7.68. The van der Waals surface area contributed by atoms with Crippen LogP contribution in [0.15, 0.2) is 16.5 Å². The van der Waals surface area contributed by atoms with Crippen molar-refractivity contribution in [1.82, 2.24) is 0 Å². The Balaban J connectivity index is 2.10. The van der Waals surface area contributed by atoms with Crippen LogP contribution < -0.4 is 0 Å². The molecule has 4 heteroatoms. The minimum atomic E-state index is -0.757. The second kappa shape index (κ2) is 2.52. The number of hydrogen-bond donors (Lipinski definition) is 1. The van der Waals surface area contributed by atoms with Crippen LogP contribution in [0.4, 0.5) is 0 Å². The van der Waals surface area contributed by atoms with Crippen molar-refractivity contribution in [3.63, 3.8) is 0 Å². The Hall–Kier alpha value is -0.960. The van der Waals surface area contributed by atoms with Gasteiger partial charge in [-0.05, 0) is 30.2 Å². The average molecular weight is 187 g/mol. The van der Waals surface area contributed by atoms with E-state index in [0.717, 1.165) is 0 Å². The molecule has 1 saturated carbocycles. The van der Waals surface area contributed by atoms with Crippen LogP contribution in [0.25, 0.3) is 0 Å². The van der Waals surface area contributed by atoms with Crippen LogP contribution in [0.5, 0.6) is 0 Å². The maximum atomic E-state index is 10.5. The summed E-state index contributed by atoms with van der Waals surface area (Å²) >= 11 is 5.55. The van der Waals surface area contributed by atoms with Crippen molar-refractivity contribution in [3.05, 3.63) is 23.1 Å². The summed E-state index contributed by atoms with van der Waals surface area (Å²) < 4.78 is 5.09. The van der Waals surface area contributed by atoms with Gasteiger partial charge in [0.05, 0.1) is 5.92 Å². The van der Waals surface area contributed by atoms with Crippen molar-refractivity contribution >= 4 is 17.6 Å². The molecule has 1 heterocycles. The zero-order chi connectivity index (χ0) is 8.72. The molecule has 0 radical (unpaired) electrons. The molecule has 1 fully saturated rings. The number of carboxylic acids is 1. The van der Waals surface area contributed by atoms with E-state index < -0.39 is 5.97 Å². The Morgan fingerprint density at radius 3 is 2.83 bits per heavy atom. The van der Waals surface area contributed by atoms with Crippen LogP contribution in [0.1, 0.15) is 18.1 Å². The molecule has 64 valence electrons. The highest BCUT2D eigenvalue weighted by Crippen LogP contribution is 2.48. The molecule has 1 aromatic heterocycles. The molecular weight excluding hydrogens is 180 g/mol. The van der Waals surface area contributed by atoms with Crippen molar-refractivity contribution in [1.29, 1.82) is 0 Å². The van der Waals surface area contributed by atoms with Crippen LogP contribution in [0.2, 0.25) is 5.22 Å². The molecule has 1 aromatic rings. The standard InChI is InChI=1S/C8H7ClO3/c9-7-2-1-6(12-7)4-3-5(4)8(10)11/h1-2,4-5H,3H2,(H,10,11)/t4-,5-/m1/s1. The maximum Gasteiger partial charge on any atom is 0.307 e. The molecule has 1 N–H and O–H groups in total. The number of hydrogen-bond acceptors (Lipinski definition) is 2. The number of carboxylic acid groups (broad SMARTS) is 1. The number of furan rings is 1. The van der Waals surface area contributed by atoms with E-state index in [4.69, 9.17) is 21.1 Å². The van der Waals surface area contributed by atoms with Crippen LogP contribution in [0.3, 0.4) is 0 Å². The van der Waals surface area contributed by atoms with E-state index in [1.54, 1.807) is 12.1 Å². The molecule has 0 aromatic carbocycles. The number of carbonyl (C=O) groups is 1. The predicted molar refractivity (Wildman–Crippen MR) is 42.2 cm³/mol. The summed E-state index contributed by atoms with van der Waals surface area (Å²) in [5.74, 6) is -0.304. The zero-order valence-electron chi connectivity index (χ0n) is 6.16. The third-order valence-electron chi connectivity index (χ3n) is 2.07. The maximum absolute atomic E-state index is 10.5. The van der Waals surface area contributed by atoms with Crippen LogP contribution in [-0.4, -0.2) is 11.1 Å². The fraction of sp³-hybridized carbons (Fsp3) is 0.375. The molecular formula is C8H7ClO3. The highest BCUT2D eigenvalue weighted by molar-refractivity contribution is 6.28. The lowest BCUT2D eigenvalue weighted by Gasteiger charge is -1.89. The normalized spacial score (nSPS) is 27.1. The summed E-state index contributed by atoms with van der Waals surface area (Å²) in [6.45, 7) is 0. The van der Waals surface area contributed by atoms with E-state index in [2.05, 4.69) is 0 Å². The van der Waals surface area contributed by atoms with Gasteiger partial charge in [-0.3, -0.25) is 4.79 Å². The lowest BCUT2D eigenvalue weighted by Crippen LogP contribution is -1.98. The number of halogens is 1. The van der Waals surface area contributed by atoms with Crippen molar-refractivity contribution < 1.29 is 14.3 Å². The lowest BCUT2D eigenvalue weighted by molar-refractivity contribution is -0.138. The van der Waals surface area contributed by atoms with Gasteiger partial charge in [0.1, 0.15) is 5.76 Å². The molecule has 0 aliphatic heterocycles. The first-order chi connectivity index (χ1) is 5.68. The van der Waals surface area contributed by atoms with Crippen LogP contribution >= 0.6 is 11.6 Å². The fourth-order valence-electron chi connectivity index (χ4n) is 1.31. The van der Waals surface area contributed by atoms with Gasteiger partial charge in [0.15, 0.2) is 5.22 Å². The predicted octanol–water partition coefficient (Wildman–Crippen LogP) is 2.12. The molecule has 3 nitrogen and oxygen atoms in total. The molecule has 1 aliphatic rings. The van der Waals surface area contributed by atoms with Gasteiger partial charge in [-0.2, -0.15) is 0 Å². The number of aliphatic carboxylic acids is 1. The Kier molecular flexibility index (Phi) is 1.61. The third kappa shape index (κ3) is 1.20. The topological polar surface area (TPSA) is 50.4 Å². The van der Waals surface area contributed by atoms with Crippen molar-refractivity contribution in [2.45, 2.75) is 12.3 Å². The number of rotatable bonds is 2. The molecule has 1 aliphatic carbocycles. The molecule has 0 amide bonds. The molecule has 2 rings (SSSR count). The summed E-state index contributed by atoms with van der Waals surface area (Å²) in [5, 5.41) is 8.94. The van der Waals surface area contributed by atoms with E-state index in [0.29, 0.717) is 17.4 Å². The van der Waals surface area contributed by atoms with Gasteiger partial charge in [-0.25, -0.2) is 0 Å². The van der Waals surface area contributed by atoms with Gasteiger partial charge < -0.3 is 9.52 Å². The monoisotopic (exact) mass is 186 g/mol. The van der Waals surface area contributed by atoms with Crippen LogP contribution in [-0.2, 0) is 4.79 Å². The Morgan fingerprint density at radius 1 is 1.67 bits per heavy atom. The van der Waals surface area contributed by atoms with Crippen molar-refractivity contribution in [2.75, 3.05) is 0 Å². The van der Waals surface area contributed by atoms with E-state index in [1.165, 1.54) is 0 Å².